The van der Waals surface area contributed by atoms with Gasteiger partial charge >= 0.3 is 0 Å². The van der Waals surface area contributed by atoms with Crippen molar-refractivity contribution in [3.8, 4) is 5.75 Å². The van der Waals surface area contributed by atoms with E-state index in [-0.39, 0.29) is 11.3 Å². The molecule has 0 bridgehead atoms. The Morgan fingerprint density at radius 2 is 2.30 bits per heavy atom. The Kier molecular flexibility index (Phi) is 3.49. The molecular weight excluding hydrogens is 292 g/mol. The lowest BCUT2D eigenvalue weighted by Crippen LogP contribution is -2.45. The third-order valence-corrected chi connectivity index (χ3v) is 5.21. The van der Waals surface area contributed by atoms with Crippen molar-refractivity contribution in [1.82, 2.24) is 14.7 Å². The maximum Gasteiger partial charge on any atom is 0.263 e. The minimum Gasteiger partial charge on any atom is -0.504 e. The monoisotopic (exact) mass is 314 g/mol. The summed E-state index contributed by atoms with van der Waals surface area (Å²) in [6.45, 7) is 4.90. The fourth-order valence-electron chi connectivity index (χ4n) is 3.98. The van der Waals surface area contributed by atoms with E-state index in [0.29, 0.717) is 24.0 Å². The number of fused-ring (bicyclic) bond motifs is 2. The Morgan fingerprint density at radius 1 is 1.43 bits per heavy atom. The van der Waals surface area contributed by atoms with Crippen LogP contribution in [0.2, 0.25) is 0 Å². The second-order valence-corrected chi connectivity index (χ2v) is 6.50. The number of rotatable bonds is 2. The molecule has 2 aromatic heterocycles. The zero-order chi connectivity index (χ0) is 16.0. The minimum absolute atomic E-state index is 0.0472. The average Bonchev–Trinajstić information content (AvgIpc) is 3.03. The van der Waals surface area contributed by atoms with E-state index in [4.69, 9.17) is 0 Å². The Labute approximate surface area is 134 Å². The number of anilines is 1. The molecule has 2 aliphatic rings. The predicted molar refractivity (Wildman–Crippen MR) is 89.2 cm³/mol. The standard InChI is InChI=1S/C17H22N4O2/c1-2-12-15(20-9-6-13-11(10-20)5-7-18-13)19-16-14(22)4-3-8-21(16)17(12)23/h3-4,8,11,13,18,22H,2,5-7,9-10H2,1H3. The molecule has 4 rings (SSSR count). The number of hydrogen-bond donors (Lipinski definition) is 2. The van der Waals surface area contributed by atoms with Crippen molar-refractivity contribution in [1.29, 1.82) is 0 Å². The summed E-state index contributed by atoms with van der Waals surface area (Å²) in [6, 6.07) is 3.84. The average molecular weight is 314 g/mol. The highest BCUT2D eigenvalue weighted by atomic mass is 16.3. The summed E-state index contributed by atoms with van der Waals surface area (Å²) < 4.78 is 1.45. The van der Waals surface area contributed by atoms with Crippen LogP contribution < -0.4 is 15.8 Å². The van der Waals surface area contributed by atoms with E-state index in [9.17, 15) is 9.90 Å². The molecule has 0 aromatic carbocycles. The number of pyridine rings is 1. The number of nitrogens with zero attached hydrogens (tertiary/aromatic N) is 3. The summed E-state index contributed by atoms with van der Waals surface area (Å²) in [5.74, 6) is 1.42. The normalized spacial score (nSPS) is 24.1. The van der Waals surface area contributed by atoms with E-state index in [1.54, 1.807) is 18.3 Å². The molecule has 0 aliphatic carbocycles. The fourth-order valence-corrected chi connectivity index (χ4v) is 3.98. The topological polar surface area (TPSA) is 69.9 Å². The summed E-state index contributed by atoms with van der Waals surface area (Å²) >= 11 is 0. The van der Waals surface area contributed by atoms with Gasteiger partial charge in [0, 0.05) is 25.3 Å². The molecule has 2 aliphatic heterocycles. The van der Waals surface area contributed by atoms with E-state index in [1.807, 2.05) is 6.92 Å². The number of aromatic nitrogens is 2. The Morgan fingerprint density at radius 3 is 3.13 bits per heavy atom. The zero-order valence-corrected chi connectivity index (χ0v) is 13.3. The van der Waals surface area contributed by atoms with Gasteiger partial charge in [-0.2, -0.15) is 0 Å². The Hall–Kier alpha value is -2.08. The van der Waals surface area contributed by atoms with Crippen LogP contribution in [0, 0.1) is 5.92 Å². The molecule has 2 N–H and O–H groups in total. The summed E-state index contributed by atoms with van der Waals surface area (Å²) in [5, 5.41) is 13.6. The first kappa shape index (κ1) is 14.5. The molecule has 2 fully saturated rings. The van der Waals surface area contributed by atoms with Crippen LogP contribution in [0.25, 0.3) is 5.65 Å². The van der Waals surface area contributed by atoms with Crippen LogP contribution in [0.15, 0.2) is 23.1 Å². The van der Waals surface area contributed by atoms with Crippen LogP contribution in [0.3, 0.4) is 0 Å². The summed E-state index contributed by atoms with van der Waals surface area (Å²) in [6.07, 6.45) is 4.57. The molecule has 122 valence electrons. The molecule has 23 heavy (non-hydrogen) atoms. The van der Waals surface area contributed by atoms with Crippen LogP contribution >= 0.6 is 0 Å². The van der Waals surface area contributed by atoms with Gasteiger partial charge < -0.3 is 15.3 Å². The first-order valence-corrected chi connectivity index (χ1v) is 8.40. The van der Waals surface area contributed by atoms with Crippen molar-refractivity contribution >= 4 is 11.5 Å². The van der Waals surface area contributed by atoms with Crippen molar-refractivity contribution in [3.05, 3.63) is 34.2 Å². The van der Waals surface area contributed by atoms with Crippen molar-refractivity contribution < 1.29 is 5.11 Å². The van der Waals surface area contributed by atoms with Gasteiger partial charge in [0.15, 0.2) is 11.4 Å². The molecule has 0 spiro atoms. The number of aromatic hydroxyl groups is 1. The molecule has 0 radical (unpaired) electrons. The third-order valence-electron chi connectivity index (χ3n) is 5.21. The van der Waals surface area contributed by atoms with Crippen LogP contribution in [0.4, 0.5) is 5.82 Å². The second-order valence-electron chi connectivity index (χ2n) is 6.50. The summed E-state index contributed by atoms with van der Waals surface area (Å²) in [5.41, 5.74) is 1.00. The zero-order valence-electron chi connectivity index (χ0n) is 13.3. The maximum atomic E-state index is 12.8. The van der Waals surface area contributed by atoms with Gasteiger partial charge in [0.05, 0.1) is 5.56 Å². The van der Waals surface area contributed by atoms with Gasteiger partial charge in [-0.25, -0.2) is 4.98 Å². The van der Waals surface area contributed by atoms with Crippen LogP contribution in [0.1, 0.15) is 25.3 Å². The Bertz CT molecular complexity index is 801. The number of hydrogen-bond acceptors (Lipinski definition) is 5. The van der Waals surface area contributed by atoms with Gasteiger partial charge in [-0.15, -0.1) is 0 Å². The van der Waals surface area contributed by atoms with E-state index < -0.39 is 0 Å². The maximum absolute atomic E-state index is 12.8. The number of nitrogens with one attached hydrogen (secondary N) is 1. The lowest BCUT2D eigenvalue weighted by molar-refractivity contribution is 0.374. The van der Waals surface area contributed by atoms with Crippen LogP contribution in [0.5, 0.6) is 5.75 Å². The van der Waals surface area contributed by atoms with Crippen molar-refractivity contribution in [2.75, 3.05) is 24.5 Å². The molecule has 0 saturated carbocycles. The van der Waals surface area contributed by atoms with Crippen molar-refractivity contribution in [2.45, 2.75) is 32.2 Å². The van der Waals surface area contributed by atoms with Crippen molar-refractivity contribution in [2.24, 2.45) is 5.92 Å². The van der Waals surface area contributed by atoms with E-state index in [0.717, 1.165) is 37.4 Å². The van der Waals surface area contributed by atoms with Gasteiger partial charge in [-0.1, -0.05) is 6.92 Å². The van der Waals surface area contributed by atoms with Crippen LogP contribution in [-0.4, -0.2) is 40.2 Å². The van der Waals surface area contributed by atoms with Gasteiger partial charge in [0.1, 0.15) is 5.82 Å². The first-order chi connectivity index (χ1) is 11.2. The molecule has 2 atom stereocenters. The highest BCUT2D eigenvalue weighted by Crippen LogP contribution is 2.29. The molecular formula is C17H22N4O2. The van der Waals surface area contributed by atoms with E-state index >= 15 is 0 Å². The SMILES string of the molecule is CCc1c(N2CCC3NCCC3C2)nc2c(O)cccn2c1=O. The van der Waals surface area contributed by atoms with Gasteiger partial charge in [-0.3, -0.25) is 9.20 Å². The quantitative estimate of drug-likeness (QED) is 0.870. The lowest BCUT2D eigenvalue weighted by atomic mass is 9.93. The summed E-state index contributed by atoms with van der Waals surface area (Å²) in [4.78, 5) is 19.7. The van der Waals surface area contributed by atoms with Gasteiger partial charge in [0.2, 0.25) is 0 Å². The molecule has 2 unspecified atom stereocenters. The molecule has 6 heteroatoms. The smallest absolute Gasteiger partial charge is 0.263 e. The lowest BCUT2D eigenvalue weighted by Gasteiger charge is -2.36. The molecule has 0 amide bonds. The number of piperidine rings is 1. The largest absolute Gasteiger partial charge is 0.504 e. The van der Waals surface area contributed by atoms with Gasteiger partial charge in [-0.05, 0) is 43.9 Å². The van der Waals surface area contributed by atoms with E-state index in [2.05, 4.69) is 15.2 Å². The van der Waals surface area contributed by atoms with Gasteiger partial charge in [0.25, 0.3) is 5.56 Å². The highest BCUT2D eigenvalue weighted by molar-refractivity contribution is 5.59. The first-order valence-electron chi connectivity index (χ1n) is 8.40. The molecule has 4 heterocycles. The van der Waals surface area contributed by atoms with Crippen LogP contribution in [-0.2, 0) is 6.42 Å². The molecule has 6 nitrogen and oxygen atoms in total. The second kappa shape index (κ2) is 5.53. The molecule has 2 saturated heterocycles. The fraction of sp³-hybridized carbons (Fsp3) is 0.529. The highest BCUT2D eigenvalue weighted by Gasteiger charge is 2.34. The Balaban J connectivity index is 1.82. The predicted octanol–water partition coefficient (Wildman–Crippen LogP) is 1.15. The van der Waals surface area contributed by atoms with E-state index in [1.165, 1.54) is 10.8 Å². The third kappa shape index (κ3) is 2.28. The summed E-state index contributed by atoms with van der Waals surface area (Å²) in [7, 11) is 0. The molecule has 2 aromatic rings. The minimum atomic E-state index is -0.0740. The van der Waals surface area contributed by atoms with Crippen molar-refractivity contribution in [3.63, 3.8) is 0 Å².